The second-order valence-corrected chi connectivity index (χ2v) is 7.12. The standard InChI is InChI=1S/C19H26N4O3/c1-6-14-9-17(21-22(14)4)20-18(24)23-11-13-7-8-15(25-5)10-16(13)26-19(2,3)12-23/h7-10H,6,11-12H2,1-5H3,(H,20,21,24). The lowest BCUT2D eigenvalue weighted by molar-refractivity contribution is 0.0833. The van der Waals surface area contributed by atoms with Crippen molar-refractivity contribution in [3.05, 3.63) is 35.5 Å². The number of benzene rings is 1. The molecule has 0 atom stereocenters. The minimum atomic E-state index is -0.520. The third-order valence-corrected chi connectivity index (χ3v) is 4.45. The topological polar surface area (TPSA) is 68.6 Å². The number of hydrogen-bond acceptors (Lipinski definition) is 4. The number of carbonyl (C=O) groups excluding carboxylic acids is 1. The summed E-state index contributed by atoms with van der Waals surface area (Å²) in [5, 5.41) is 7.25. The minimum Gasteiger partial charge on any atom is -0.497 e. The number of methoxy groups -OCH3 is 1. The maximum absolute atomic E-state index is 12.8. The molecule has 0 aliphatic carbocycles. The molecule has 1 aromatic heterocycles. The average molecular weight is 358 g/mol. The Morgan fingerprint density at radius 2 is 2.15 bits per heavy atom. The molecule has 7 heteroatoms. The summed E-state index contributed by atoms with van der Waals surface area (Å²) in [4.78, 5) is 14.6. The molecule has 0 unspecified atom stereocenters. The highest BCUT2D eigenvalue weighted by Crippen LogP contribution is 2.32. The Morgan fingerprint density at radius 1 is 1.38 bits per heavy atom. The molecule has 7 nitrogen and oxygen atoms in total. The molecule has 2 aromatic rings. The fourth-order valence-electron chi connectivity index (χ4n) is 3.17. The van der Waals surface area contributed by atoms with E-state index in [0.29, 0.717) is 18.9 Å². The van der Waals surface area contributed by atoms with Crippen LogP contribution in [0.5, 0.6) is 11.5 Å². The molecule has 2 heterocycles. The first-order valence-electron chi connectivity index (χ1n) is 8.76. The van der Waals surface area contributed by atoms with Gasteiger partial charge in [0.15, 0.2) is 5.82 Å². The van der Waals surface area contributed by atoms with E-state index in [4.69, 9.17) is 9.47 Å². The number of aromatic nitrogens is 2. The van der Waals surface area contributed by atoms with Gasteiger partial charge in [0.1, 0.15) is 17.1 Å². The predicted molar refractivity (Wildman–Crippen MR) is 99.7 cm³/mol. The van der Waals surface area contributed by atoms with Crippen LogP contribution in [0.4, 0.5) is 10.6 Å². The highest BCUT2D eigenvalue weighted by Gasteiger charge is 2.32. The van der Waals surface area contributed by atoms with E-state index >= 15 is 0 Å². The number of anilines is 1. The van der Waals surface area contributed by atoms with Gasteiger partial charge in [-0.3, -0.25) is 10.00 Å². The van der Waals surface area contributed by atoms with Crippen LogP contribution in [-0.2, 0) is 20.0 Å². The SMILES string of the molecule is CCc1cc(NC(=O)N2Cc3ccc(OC)cc3OC(C)(C)C2)nn1C. The van der Waals surface area contributed by atoms with Crippen molar-refractivity contribution in [3.63, 3.8) is 0 Å². The molecular weight excluding hydrogens is 332 g/mol. The first kappa shape index (κ1) is 18.1. The lowest BCUT2D eigenvalue weighted by atomic mass is 10.1. The zero-order valence-corrected chi connectivity index (χ0v) is 16.0. The van der Waals surface area contributed by atoms with Crippen molar-refractivity contribution in [2.24, 2.45) is 7.05 Å². The summed E-state index contributed by atoms with van der Waals surface area (Å²) in [6.45, 7) is 6.92. The maximum atomic E-state index is 12.8. The van der Waals surface area contributed by atoms with Crippen molar-refractivity contribution in [2.45, 2.75) is 39.3 Å². The Kier molecular flexibility index (Phi) is 4.80. The second kappa shape index (κ2) is 6.90. The number of amides is 2. The van der Waals surface area contributed by atoms with Crippen molar-refractivity contribution >= 4 is 11.8 Å². The monoisotopic (exact) mass is 358 g/mol. The number of nitrogens with one attached hydrogen (secondary N) is 1. The third kappa shape index (κ3) is 3.76. The van der Waals surface area contributed by atoms with Gasteiger partial charge in [-0.15, -0.1) is 0 Å². The third-order valence-electron chi connectivity index (χ3n) is 4.45. The number of rotatable bonds is 3. The molecule has 0 saturated carbocycles. The Hall–Kier alpha value is -2.70. The fraction of sp³-hybridized carbons (Fsp3) is 0.474. The molecule has 0 spiro atoms. The molecule has 1 N–H and O–H groups in total. The Bertz CT molecular complexity index is 813. The molecule has 2 amide bonds. The lowest BCUT2D eigenvalue weighted by Crippen LogP contribution is -2.44. The van der Waals surface area contributed by atoms with Gasteiger partial charge in [0.2, 0.25) is 0 Å². The van der Waals surface area contributed by atoms with E-state index in [2.05, 4.69) is 17.3 Å². The summed E-state index contributed by atoms with van der Waals surface area (Å²) in [6, 6.07) is 7.39. The van der Waals surface area contributed by atoms with Crippen molar-refractivity contribution in [2.75, 3.05) is 19.0 Å². The number of hydrogen-bond donors (Lipinski definition) is 1. The van der Waals surface area contributed by atoms with E-state index in [0.717, 1.165) is 29.2 Å². The van der Waals surface area contributed by atoms with Gasteiger partial charge in [0, 0.05) is 30.4 Å². The number of aryl methyl sites for hydroxylation is 2. The van der Waals surface area contributed by atoms with E-state index in [-0.39, 0.29) is 6.03 Å². The predicted octanol–water partition coefficient (Wildman–Crippen LogP) is 3.20. The van der Waals surface area contributed by atoms with E-state index in [1.807, 2.05) is 45.2 Å². The Balaban J connectivity index is 1.82. The van der Waals surface area contributed by atoms with Gasteiger partial charge < -0.3 is 14.4 Å². The highest BCUT2D eigenvalue weighted by molar-refractivity contribution is 5.88. The largest absolute Gasteiger partial charge is 0.497 e. The molecule has 3 rings (SSSR count). The summed E-state index contributed by atoms with van der Waals surface area (Å²) < 4.78 is 13.2. The number of ether oxygens (including phenoxy) is 2. The number of carbonyl (C=O) groups is 1. The summed E-state index contributed by atoms with van der Waals surface area (Å²) >= 11 is 0. The zero-order valence-electron chi connectivity index (χ0n) is 16.0. The number of urea groups is 1. The van der Waals surface area contributed by atoms with Gasteiger partial charge in [-0.1, -0.05) is 6.92 Å². The smallest absolute Gasteiger partial charge is 0.323 e. The van der Waals surface area contributed by atoms with E-state index in [1.165, 1.54) is 0 Å². The van der Waals surface area contributed by atoms with Crippen LogP contribution >= 0.6 is 0 Å². The summed E-state index contributed by atoms with van der Waals surface area (Å²) in [6.07, 6.45) is 0.860. The van der Waals surface area contributed by atoms with Crippen LogP contribution < -0.4 is 14.8 Å². The minimum absolute atomic E-state index is 0.189. The quantitative estimate of drug-likeness (QED) is 0.915. The molecule has 0 bridgehead atoms. The molecule has 1 aliphatic heterocycles. The van der Waals surface area contributed by atoms with Gasteiger partial charge in [-0.05, 0) is 32.4 Å². The van der Waals surface area contributed by atoms with Gasteiger partial charge >= 0.3 is 6.03 Å². The van der Waals surface area contributed by atoms with Gasteiger partial charge in [-0.25, -0.2) is 4.79 Å². The van der Waals surface area contributed by atoms with Gasteiger partial charge in [-0.2, -0.15) is 5.10 Å². The summed E-state index contributed by atoms with van der Waals surface area (Å²) in [5.41, 5.74) is 1.49. The van der Waals surface area contributed by atoms with Crippen LogP contribution in [0.2, 0.25) is 0 Å². The summed E-state index contributed by atoms with van der Waals surface area (Å²) in [5.74, 6) is 2.04. The number of fused-ring (bicyclic) bond motifs is 1. The van der Waals surface area contributed by atoms with Crippen molar-refractivity contribution < 1.29 is 14.3 Å². The molecule has 0 fully saturated rings. The van der Waals surface area contributed by atoms with Crippen molar-refractivity contribution in [3.8, 4) is 11.5 Å². The van der Waals surface area contributed by atoms with Gasteiger partial charge in [0.25, 0.3) is 0 Å². The van der Waals surface area contributed by atoms with Crippen LogP contribution in [0.3, 0.4) is 0 Å². The molecule has 0 radical (unpaired) electrons. The first-order chi connectivity index (χ1) is 12.3. The number of nitrogens with zero attached hydrogens (tertiary/aromatic N) is 3. The van der Waals surface area contributed by atoms with Crippen LogP contribution in [0, 0.1) is 0 Å². The first-order valence-corrected chi connectivity index (χ1v) is 8.76. The Labute approximate surface area is 153 Å². The van der Waals surface area contributed by atoms with Crippen LogP contribution in [0.15, 0.2) is 24.3 Å². The average Bonchev–Trinajstić information content (AvgIpc) is 2.86. The Morgan fingerprint density at radius 3 is 2.81 bits per heavy atom. The lowest BCUT2D eigenvalue weighted by Gasteiger charge is -2.29. The summed E-state index contributed by atoms with van der Waals surface area (Å²) in [7, 11) is 3.50. The van der Waals surface area contributed by atoms with E-state index < -0.39 is 5.60 Å². The van der Waals surface area contributed by atoms with Crippen LogP contribution in [-0.4, -0.2) is 40.0 Å². The molecule has 140 valence electrons. The fourth-order valence-corrected chi connectivity index (χ4v) is 3.17. The highest BCUT2D eigenvalue weighted by atomic mass is 16.5. The maximum Gasteiger partial charge on any atom is 0.323 e. The second-order valence-electron chi connectivity index (χ2n) is 7.12. The van der Waals surface area contributed by atoms with E-state index in [1.54, 1.807) is 16.7 Å². The van der Waals surface area contributed by atoms with Crippen molar-refractivity contribution in [1.82, 2.24) is 14.7 Å². The molecule has 1 aromatic carbocycles. The van der Waals surface area contributed by atoms with Crippen LogP contribution in [0.25, 0.3) is 0 Å². The zero-order chi connectivity index (χ0) is 18.9. The molecule has 0 saturated heterocycles. The molecule has 26 heavy (non-hydrogen) atoms. The van der Waals surface area contributed by atoms with E-state index in [9.17, 15) is 4.79 Å². The van der Waals surface area contributed by atoms with Crippen molar-refractivity contribution in [1.29, 1.82) is 0 Å². The molecular formula is C19H26N4O3. The van der Waals surface area contributed by atoms with Crippen LogP contribution in [0.1, 0.15) is 32.0 Å². The molecule has 1 aliphatic rings. The van der Waals surface area contributed by atoms with Gasteiger partial charge in [0.05, 0.1) is 20.2 Å². The normalized spacial score (nSPS) is 15.7.